The molecule has 3 rings (SSSR count). The highest BCUT2D eigenvalue weighted by Gasteiger charge is 2.37. The standard InChI is InChI=1S/C16H8ClF2NO2S/c17-10-4-3-6-11(18)9(10)8-14-15(21)20(16(22)23-14)13-7-2-1-5-12(13)19/h1-8H/b14-8-. The number of carbonyl (C=O) groups is 2. The van der Waals surface area contributed by atoms with Gasteiger partial charge in [0.25, 0.3) is 11.1 Å². The van der Waals surface area contributed by atoms with E-state index < -0.39 is 22.8 Å². The van der Waals surface area contributed by atoms with Gasteiger partial charge in [-0.1, -0.05) is 29.8 Å². The van der Waals surface area contributed by atoms with Crippen LogP contribution in [0.3, 0.4) is 0 Å². The van der Waals surface area contributed by atoms with Crippen LogP contribution >= 0.6 is 23.4 Å². The van der Waals surface area contributed by atoms with Crippen LogP contribution in [-0.2, 0) is 4.79 Å². The van der Waals surface area contributed by atoms with Crippen molar-refractivity contribution in [3.05, 3.63) is 69.6 Å². The molecule has 0 saturated carbocycles. The average Bonchev–Trinajstić information content (AvgIpc) is 2.78. The van der Waals surface area contributed by atoms with Gasteiger partial charge < -0.3 is 0 Å². The summed E-state index contributed by atoms with van der Waals surface area (Å²) in [7, 11) is 0. The lowest BCUT2D eigenvalue weighted by atomic mass is 10.2. The van der Waals surface area contributed by atoms with Gasteiger partial charge in [0.05, 0.1) is 15.6 Å². The van der Waals surface area contributed by atoms with E-state index >= 15 is 0 Å². The van der Waals surface area contributed by atoms with Crippen molar-refractivity contribution < 1.29 is 18.4 Å². The Morgan fingerprint density at radius 1 is 1.00 bits per heavy atom. The molecule has 0 unspecified atom stereocenters. The van der Waals surface area contributed by atoms with Crippen molar-refractivity contribution in [3.8, 4) is 0 Å². The van der Waals surface area contributed by atoms with E-state index in [4.69, 9.17) is 11.6 Å². The number of para-hydroxylation sites is 1. The van der Waals surface area contributed by atoms with Gasteiger partial charge in [-0.2, -0.15) is 0 Å². The fourth-order valence-corrected chi connectivity index (χ4v) is 3.12. The van der Waals surface area contributed by atoms with Gasteiger partial charge in [-0.3, -0.25) is 9.59 Å². The Morgan fingerprint density at radius 2 is 1.70 bits per heavy atom. The number of nitrogens with zero attached hydrogens (tertiary/aromatic N) is 1. The molecule has 0 aromatic heterocycles. The van der Waals surface area contributed by atoms with Crippen LogP contribution in [0.1, 0.15) is 5.56 Å². The highest BCUT2D eigenvalue weighted by Crippen LogP contribution is 2.37. The van der Waals surface area contributed by atoms with Gasteiger partial charge in [-0.05, 0) is 42.1 Å². The number of halogens is 3. The third kappa shape index (κ3) is 2.87. The van der Waals surface area contributed by atoms with Crippen LogP contribution < -0.4 is 4.90 Å². The summed E-state index contributed by atoms with van der Waals surface area (Å²) in [6, 6.07) is 9.53. The summed E-state index contributed by atoms with van der Waals surface area (Å²) in [4.78, 5) is 25.1. The van der Waals surface area contributed by atoms with Crippen LogP contribution in [0.15, 0.2) is 47.4 Å². The third-order valence-corrected chi connectivity index (χ3v) is 4.36. The molecule has 116 valence electrons. The van der Waals surface area contributed by atoms with Crippen LogP contribution in [0, 0.1) is 11.6 Å². The van der Waals surface area contributed by atoms with Gasteiger partial charge in [-0.25, -0.2) is 13.7 Å². The summed E-state index contributed by atoms with van der Waals surface area (Å²) in [5, 5.41) is -0.540. The number of thioether (sulfide) groups is 1. The molecule has 1 fully saturated rings. The summed E-state index contributed by atoms with van der Waals surface area (Å²) in [6.07, 6.45) is 1.20. The van der Waals surface area contributed by atoms with Gasteiger partial charge in [0.15, 0.2) is 0 Å². The van der Waals surface area contributed by atoms with Gasteiger partial charge in [0.2, 0.25) is 0 Å². The zero-order valence-electron chi connectivity index (χ0n) is 11.4. The topological polar surface area (TPSA) is 37.4 Å². The summed E-state index contributed by atoms with van der Waals surface area (Å²) in [5.74, 6) is -2.03. The maximum Gasteiger partial charge on any atom is 0.298 e. The van der Waals surface area contributed by atoms with Crippen molar-refractivity contribution in [2.24, 2.45) is 0 Å². The van der Waals surface area contributed by atoms with Gasteiger partial charge in [-0.15, -0.1) is 0 Å². The second-order valence-corrected chi connectivity index (χ2v) is 6.00. The second-order valence-electron chi connectivity index (χ2n) is 4.60. The highest BCUT2D eigenvalue weighted by molar-refractivity contribution is 8.19. The molecule has 0 atom stereocenters. The number of rotatable bonds is 2. The van der Waals surface area contributed by atoms with E-state index in [1.54, 1.807) is 0 Å². The average molecular weight is 352 g/mol. The Morgan fingerprint density at radius 3 is 2.39 bits per heavy atom. The van der Waals surface area contributed by atoms with Crippen molar-refractivity contribution >= 4 is 46.3 Å². The number of hydrogen-bond donors (Lipinski definition) is 0. The highest BCUT2D eigenvalue weighted by atomic mass is 35.5. The van der Waals surface area contributed by atoms with Crippen molar-refractivity contribution in [2.75, 3.05) is 4.90 Å². The Kier molecular flexibility index (Phi) is 4.19. The first-order valence-electron chi connectivity index (χ1n) is 6.45. The van der Waals surface area contributed by atoms with Gasteiger partial charge >= 0.3 is 0 Å². The molecular weight excluding hydrogens is 344 g/mol. The number of hydrogen-bond acceptors (Lipinski definition) is 3. The molecule has 1 aliphatic rings. The fourth-order valence-electron chi connectivity index (χ4n) is 2.09. The lowest BCUT2D eigenvalue weighted by Crippen LogP contribution is -2.28. The molecule has 3 nitrogen and oxygen atoms in total. The Hall–Kier alpha value is -2.18. The summed E-state index contributed by atoms with van der Waals surface area (Å²) in [5.41, 5.74) is -0.133. The van der Waals surface area contributed by atoms with E-state index in [-0.39, 0.29) is 21.2 Å². The van der Waals surface area contributed by atoms with Crippen molar-refractivity contribution in [3.63, 3.8) is 0 Å². The van der Waals surface area contributed by atoms with E-state index in [0.717, 1.165) is 11.0 Å². The zero-order valence-corrected chi connectivity index (χ0v) is 13.0. The normalized spacial score (nSPS) is 16.5. The van der Waals surface area contributed by atoms with Crippen molar-refractivity contribution in [2.45, 2.75) is 0 Å². The van der Waals surface area contributed by atoms with E-state index in [9.17, 15) is 18.4 Å². The Balaban J connectivity index is 2.02. The molecule has 1 aliphatic heterocycles. The second kappa shape index (κ2) is 6.14. The fraction of sp³-hybridized carbons (Fsp3) is 0. The van der Waals surface area contributed by atoms with Crippen LogP contribution in [0.25, 0.3) is 6.08 Å². The minimum absolute atomic E-state index is 0.00759. The maximum absolute atomic E-state index is 13.8. The molecule has 2 aromatic carbocycles. The lowest BCUT2D eigenvalue weighted by Gasteiger charge is -2.12. The Labute approximate surface area is 139 Å². The quantitative estimate of drug-likeness (QED) is 0.725. The van der Waals surface area contributed by atoms with Crippen LogP contribution in [0.5, 0.6) is 0 Å². The first-order valence-corrected chi connectivity index (χ1v) is 7.65. The predicted molar refractivity (Wildman–Crippen MR) is 86.3 cm³/mol. The number of amides is 2. The van der Waals surface area contributed by atoms with Crippen LogP contribution in [-0.4, -0.2) is 11.1 Å². The van der Waals surface area contributed by atoms with Crippen molar-refractivity contribution in [1.82, 2.24) is 0 Å². The minimum Gasteiger partial charge on any atom is -0.268 e. The molecule has 2 amide bonds. The van der Waals surface area contributed by atoms with Crippen LogP contribution in [0.2, 0.25) is 5.02 Å². The van der Waals surface area contributed by atoms with E-state index in [1.807, 2.05) is 0 Å². The summed E-state index contributed by atoms with van der Waals surface area (Å²) in [6.45, 7) is 0. The first-order chi connectivity index (χ1) is 11.0. The first kappa shape index (κ1) is 15.7. The molecular formula is C16H8ClF2NO2S. The number of benzene rings is 2. The molecule has 23 heavy (non-hydrogen) atoms. The summed E-state index contributed by atoms with van der Waals surface area (Å²) < 4.78 is 27.6. The van der Waals surface area contributed by atoms with E-state index in [1.165, 1.54) is 42.5 Å². The predicted octanol–water partition coefficient (Wildman–Crippen LogP) is 4.86. The van der Waals surface area contributed by atoms with Crippen LogP contribution in [0.4, 0.5) is 19.3 Å². The molecule has 1 heterocycles. The lowest BCUT2D eigenvalue weighted by molar-refractivity contribution is -0.113. The molecule has 0 radical (unpaired) electrons. The molecule has 0 aliphatic carbocycles. The number of imide groups is 1. The van der Waals surface area contributed by atoms with E-state index in [2.05, 4.69) is 0 Å². The largest absolute Gasteiger partial charge is 0.298 e. The smallest absolute Gasteiger partial charge is 0.268 e. The third-order valence-electron chi connectivity index (χ3n) is 3.16. The number of carbonyl (C=O) groups excluding carboxylic acids is 2. The molecule has 0 N–H and O–H groups in total. The van der Waals surface area contributed by atoms with Gasteiger partial charge in [0, 0.05) is 5.56 Å². The Bertz CT molecular complexity index is 833. The number of anilines is 1. The minimum atomic E-state index is -0.718. The molecule has 7 heteroatoms. The van der Waals surface area contributed by atoms with Crippen molar-refractivity contribution in [1.29, 1.82) is 0 Å². The molecule has 1 saturated heterocycles. The zero-order chi connectivity index (χ0) is 16.6. The van der Waals surface area contributed by atoms with Gasteiger partial charge in [0.1, 0.15) is 11.6 Å². The van der Waals surface area contributed by atoms with E-state index in [0.29, 0.717) is 11.8 Å². The molecule has 0 spiro atoms. The summed E-state index contributed by atoms with van der Waals surface area (Å²) >= 11 is 6.51. The molecule has 0 bridgehead atoms. The maximum atomic E-state index is 13.8. The monoisotopic (exact) mass is 351 g/mol. The molecule has 2 aromatic rings. The SMILES string of the molecule is O=C1S/C(=C\c2c(F)cccc2Cl)C(=O)N1c1ccccc1F.